The van der Waals surface area contributed by atoms with Gasteiger partial charge in [0.15, 0.2) is 0 Å². The summed E-state index contributed by atoms with van der Waals surface area (Å²) >= 11 is 1.42. The van der Waals surface area contributed by atoms with E-state index >= 15 is 0 Å². The van der Waals surface area contributed by atoms with Crippen molar-refractivity contribution in [3.63, 3.8) is 0 Å². The first kappa shape index (κ1) is 14.7. The van der Waals surface area contributed by atoms with Crippen molar-refractivity contribution >= 4 is 16.5 Å². The smallest absolute Gasteiger partial charge is 0.135 e. The van der Waals surface area contributed by atoms with Gasteiger partial charge < -0.3 is 10.1 Å². The van der Waals surface area contributed by atoms with Gasteiger partial charge in [-0.2, -0.15) is 0 Å². The summed E-state index contributed by atoms with van der Waals surface area (Å²) < 4.78 is 10.0. The third-order valence-corrected chi connectivity index (χ3v) is 4.82. The fraction of sp³-hybridized carbons (Fsp3) is 0.857. The van der Waals surface area contributed by atoms with E-state index in [1.165, 1.54) is 30.8 Å². The fourth-order valence-corrected chi connectivity index (χ4v) is 3.11. The second kappa shape index (κ2) is 7.20. The highest BCUT2D eigenvalue weighted by molar-refractivity contribution is 7.10. The molecule has 2 rings (SSSR count). The van der Waals surface area contributed by atoms with Crippen LogP contribution in [-0.2, 0) is 11.3 Å². The highest BCUT2D eigenvalue weighted by Gasteiger charge is 2.25. The number of ether oxygens (including phenoxy) is 1. The van der Waals surface area contributed by atoms with Gasteiger partial charge in [-0.05, 0) is 37.5 Å². The number of aromatic nitrogens is 2. The van der Waals surface area contributed by atoms with Crippen LogP contribution < -0.4 is 5.32 Å². The van der Waals surface area contributed by atoms with Crippen molar-refractivity contribution in [3.05, 3.63) is 5.69 Å². The Morgan fingerprint density at radius 3 is 2.89 bits per heavy atom. The van der Waals surface area contributed by atoms with Crippen molar-refractivity contribution in [2.75, 3.05) is 11.9 Å². The van der Waals surface area contributed by atoms with Gasteiger partial charge in [0.05, 0.1) is 12.7 Å². The first-order chi connectivity index (χ1) is 9.20. The van der Waals surface area contributed by atoms with Gasteiger partial charge in [-0.1, -0.05) is 25.3 Å². The molecule has 1 aromatic heterocycles. The summed E-state index contributed by atoms with van der Waals surface area (Å²) in [5.41, 5.74) is 0.963. The van der Waals surface area contributed by atoms with E-state index in [0.717, 1.165) is 35.5 Å². The van der Waals surface area contributed by atoms with Crippen molar-refractivity contribution in [2.24, 2.45) is 11.8 Å². The minimum atomic E-state index is 0.395. The van der Waals surface area contributed by atoms with Crippen molar-refractivity contribution in [1.82, 2.24) is 9.59 Å². The molecule has 0 saturated heterocycles. The van der Waals surface area contributed by atoms with Gasteiger partial charge in [0, 0.05) is 18.1 Å². The normalized spacial score (nSPS) is 27.4. The molecule has 1 saturated carbocycles. The second-order valence-electron chi connectivity index (χ2n) is 5.68. The van der Waals surface area contributed by atoms with Gasteiger partial charge in [0.25, 0.3) is 0 Å². The summed E-state index contributed by atoms with van der Waals surface area (Å²) in [5.74, 6) is 1.60. The van der Waals surface area contributed by atoms with Crippen molar-refractivity contribution in [1.29, 1.82) is 0 Å². The standard InChI is InChI=1S/C14H25N3OS/c1-4-7-15-14-13(16-17-19-14)9-18-12-6-5-10(2)11(3)8-12/h10-12,15H,4-9H2,1-3H3. The quantitative estimate of drug-likeness (QED) is 0.864. The lowest BCUT2D eigenvalue weighted by Gasteiger charge is -2.31. The summed E-state index contributed by atoms with van der Waals surface area (Å²) in [6.07, 6.45) is 5.14. The molecule has 4 nitrogen and oxygen atoms in total. The summed E-state index contributed by atoms with van der Waals surface area (Å²) in [4.78, 5) is 0. The number of hydrogen-bond acceptors (Lipinski definition) is 5. The van der Waals surface area contributed by atoms with Gasteiger partial charge in [0.2, 0.25) is 0 Å². The van der Waals surface area contributed by atoms with Crippen LogP contribution in [0.4, 0.5) is 5.00 Å². The molecule has 1 heterocycles. The monoisotopic (exact) mass is 283 g/mol. The predicted octanol–water partition coefficient (Wildman–Crippen LogP) is 3.70. The Labute approximate surface area is 120 Å². The topological polar surface area (TPSA) is 47.0 Å². The van der Waals surface area contributed by atoms with Gasteiger partial charge in [-0.3, -0.25) is 0 Å². The minimum Gasteiger partial charge on any atom is -0.374 e. The number of nitrogens with one attached hydrogen (secondary N) is 1. The van der Waals surface area contributed by atoms with E-state index in [1.54, 1.807) is 0 Å². The van der Waals surface area contributed by atoms with Crippen molar-refractivity contribution < 1.29 is 4.74 Å². The van der Waals surface area contributed by atoms with E-state index < -0.39 is 0 Å². The van der Waals surface area contributed by atoms with Gasteiger partial charge >= 0.3 is 0 Å². The molecule has 0 spiro atoms. The lowest BCUT2D eigenvalue weighted by atomic mass is 9.80. The summed E-state index contributed by atoms with van der Waals surface area (Å²) in [7, 11) is 0. The second-order valence-corrected chi connectivity index (χ2v) is 6.43. The zero-order valence-corrected chi connectivity index (χ0v) is 13.0. The summed E-state index contributed by atoms with van der Waals surface area (Å²) in [5, 5.41) is 8.60. The van der Waals surface area contributed by atoms with E-state index in [1.807, 2.05) is 0 Å². The molecule has 3 atom stereocenters. The molecular weight excluding hydrogens is 258 g/mol. The molecule has 0 radical (unpaired) electrons. The average molecular weight is 283 g/mol. The van der Waals surface area contributed by atoms with Gasteiger partial charge in [-0.25, -0.2) is 0 Å². The number of rotatable bonds is 6. The number of anilines is 1. The van der Waals surface area contributed by atoms with Crippen molar-refractivity contribution in [2.45, 2.75) is 59.2 Å². The summed E-state index contributed by atoms with van der Waals surface area (Å²) in [6, 6.07) is 0. The Hall–Kier alpha value is -0.680. The van der Waals surface area contributed by atoms with Crippen molar-refractivity contribution in [3.8, 4) is 0 Å². The first-order valence-electron chi connectivity index (χ1n) is 7.37. The first-order valence-corrected chi connectivity index (χ1v) is 8.14. The Morgan fingerprint density at radius 1 is 1.32 bits per heavy atom. The number of hydrogen-bond donors (Lipinski definition) is 1. The molecule has 0 aliphatic heterocycles. The predicted molar refractivity (Wildman–Crippen MR) is 79.4 cm³/mol. The van der Waals surface area contributed by atoms with Crippen LogP contribution in [0.25, 0.3) is 0 Å². The Morgan fingerprint density at radius 2 is 2.16 bits per heavy atom. The lowest BCUT2D eigenvalue weighted by Crippen LogP contribution is -2.26. The van der Waals surface area contributed by atoms with Crippen LogP contribution in [0.1, 0.15) is 52.1 Å². The molecule has 1 N–H and O–H groups in total. The summed E-state index contributed by atoms with van der Waals surface area (Å²) in [6.45, 7) is 8.39. The highest BCUT2D eigenvalue weighted by atomic mass is 32.1. The average Bonchev–Trinajstić information content (AvgIpc) is 2.85. The molecule has 1 aliphatic carbocycles. The molecule has 3 unspecified atom stereocenters. The van der Waals surface area contributed by atoms with Crippen LogP contribution in [0.15, 0.2) is 0 Å². The lowest BCUT2D eigenvalue weighted by molar-refractivity contribution is -0.00855. The van der Waals surface area contributed by atoms with E-state index in [-0.39, 0.29) is 0 Å². The largest absolute Gasteiger partial charge is 0.374 e. The van der Waals surface area contributed by atoms with Crippen LogP contribution >= 0.6 is 11.5 Å². The Kier molecular flexibility index (Phi) is 5.58. The van der Waals surface area contributed by atoms with Gasteiger partial charge in [-0.15, -0.1) is 5.10 Å². The fourth-order valence-electron chi connectivity index (χ4n) is 2.52. The molecule has 5 heteroatoms. The maximum absolute atomic E-state index is 6.03. The maximum Gasteiger partial charge on any atom is 0.135 e. The minimum absolute atomic E-state index is 0.395. The highest BCUT2D eigenvalue weighted by Crippen LogP contribution is 2.31. The zero-order valence-electron chi connectivity index (χ0n) is 12.2. The number of nitrogens with zero attached hydrogens (tertiary/aromatic N) is 2. The molecule has 0 aromatic carbocycles. The molecule has 1 aromatic rings. The third kappa shape index (κ3) is 4.14. The van der Waals surface area contributed by atoms with E-state index in [4.69, 9.17) is 4.74 Å². The SMILES string of the molecule is CCCNc1snnc1COC1CCC(C)C(C)C1. The van der Waals surface area contributed by atoms with Crippen LogP contribution in [-0.4, -0.2) is 22.2 Å². The molecular formula is C14H25N3OS. The molecule has 108 valence electrons. The van der Waals surface area contributed by atoms with Crippen LogP contribution in [0.2, 0.25) is 0 Å². The van der Waals surface area contributed by atoms with Crippen LogP contribution in [0.5, 0.6) is 0 Å². The van der Waals surface area contributed by atoms with E-state index in [2.05, 4.69) is 35.7 Å². The molecule has 0 amide bonds. The zero-order chi connectivity index (χ0) is 13.7. The molecule has 1 fully saturated rings. The van der Waals surface area contributed by atoms with Crippen LogP contribution in [0.3, 0.4) is 0 Å². The Bertz CT molecular complexity index is 383. The van der Waals surface area contributed by atoms with Crippen LogP contribution in [0, 0.1) is 11.8 Å². The molecule has 19 heavy (non-hydrogen) atoms. The van der Waals surface area contributed by atoms with E-state index in [0.29, 0.717) is 12.7 Å². The molecule has 0 bridgehead atoms. The third-order valence-electron chi connectivity index (χ3n) is 4.10. The van der Waals surface area contributed by atoms with Gasteiger partial charge in [0.1, 0.15) is 10.7 Å². The van der Waals surface area contributed by atoms with E-state index in [9.17, 15) is 0 Å². The Balaban J connectivity index is 1.80. The molecule has 1 aliphatic rings. The maximum atomic E-state index is 6.03.